The van der Waals surface area contributed by atoms with Crippen molar-refractivity contribution in [1.29, 1.82) is 0 Å². The van der Waals surface area contributed by atoms with Crippen molar-refractivity contribution < 1.29 is 17.9 Å². The minimum Gasteiger partial charge on any atom is -0.457 e. The summed E-state index contributed by atoms with van der Waals surface area (Å²) in [4.78, 5) is 14.6. The molecule has 0 aliphatic carbocycles. The van der Waals surface area contributed by atoms with Crippen LogP contribution < -0.4 is 20.1 Å². The van der Waals surface area contributed by atoms with Gasteiger partial charge in [-0.2, -0.15) is 0 Å². The Morgan fingerprint density at radius 1 is 0.889 bits per heavy atom. The highest BCUT2D eigenvalue weighted by Gasteiger charge is 2.20. The second kappa shape index (κ2) is 12.6. The van der Waals surface area contributed by atoms with E-state index in [9.17, 15) is 13.2 Å². The predicted molar refractivity (Wildman–Crippen MR) is 146 cm³/mol. The van der Waals surface area contributed by atoms with E-state index in [0.29, 0.717) is 17.2 Å². The van der Waals surface area contributed by atoms with Gasteiger partial charge in [0.2, 0.25) is 10.0 Å². The number of rotatable bonds is 8. The predicted octanol–water partition coefficient (Wildman–Crippen LogP) is 5.06. The quantitative estimate of drug-likeness (QED) is 0.378. The Balaban J connectivity index is 0.00000361. The Hall–Kier alpha value is -3.27. The molecule has 192 valence electrons. The molecule has 0 radical (unpaired) electrons. The van der Waals surface area contributed by atoms with Gasteiger partial charge in [-0.25, -0.2) is 13.2 Å². The smallest absolute Gasteiger partial charge is 0.319 e. The van der Waals surface area contributed by atoms with E-state index in [-0.39, 0.29) is 24.5 Å². The number of piperidine rings is 1. The van der Waals surface area contributed by atoms with Crippen molar-refractivity contribution in [3.63, 3.8) is 0 Å². The summed E-state index contributed by atoms with van der Waals surface area (Å²) >= 11 is 0. The number of ether oxygens (including phenoxy) is 1. The highest BCUT2D eigenvalue weighted by molar-refractivity contribution is 7.92. The van der Waals surface area contributed by atoms with Crippen LogP contribution in [0.2, 0.25) is 0 Å². The van der Waals surface area contributed by atoms with E-state index in [2.05, 4.69) is 20.3 Å². The van der Waals surface area contributed by atoms with Gasteiger partial charge in [-0.05, 0) is 66.9 Å². The molecule has 4 rings (SSSR count). The van der Waals surface area contributed by atoms with E-state index in [4.69, 9.17) is 4.74 Å². The lowest BCUT2D eigenvalue weighted by Gasteiger charge is -2.32. The number of sulfonamides is 1. The molecule has 1 saturated heterocycles. The zero-order chi connectivity index (χ0) is 24.7. The van der Waals surface area contributed by atoms with E-state index >= 15 is 0 Å². The molecule has 3 N–H and O–H groups in total. The lowest BCUT2D eigenvalue weighted by atomic mass is 10.0. The third kappa shape index (κ3) is 8.75. The number of anilines is 2. The molecule has 0 saturated carbocycles. The molecule has 0 atom stereocenters. The molecule has 36 heavy (non-hydrogen) atoms. The number of carbonyl (C=O) groups excluding carboxylic acids is 1. The van der Waals surface area contributed by atoms with Crippen LogP contribution in [-0.4, -0.2) is 44.7 Å². The molecule has 3 aromatic carbocycles. The zero-order valence-electron chi connectivity index (χ0n) is 20.0. The normalized spacial score (nSPS) is 14.4. The monoisotopic (exact) mass is 530 g/mol. The number of nitrogens with zero attached hydrogens (tertiary/aromatic N) is 1. The van der Waals surface area contributed by atoms with E-state index < -0.39 is 10.0 Å². The van der Waals surface area contributed by atoms with E-state index in [1.54, 1.807) is 24.3 Å². The van der Waals surface area contributed by atoms with Crippen LogP contribution in [0.15, 0.2) is 78.9 Å². The maximum Gasteiger partial charge on any atom is 0.319 e. The number of hydrogen-bond acceptors (Lipinski definition) is 5. The standard InChI is InChI=1S/C26H30N4O4S.ClH/c1-35(32,33)29-23-9-13-25(14-10-23)34-24-11-7-20(8-12-24)19-30-17-15-22(16-18-30)28-26(31)27-21-5-3-2-4-6-21;/h2-14,22,29H,15-19H2,1H3,(H2,27,28,31);1H. The van der Waals surface area contributed by atoms with E-state index in [0.717, 1.165) is 44.4 Å². The maximum atomic E-state index is 12.2. The first-order valence-electron chi connectivity index (χ1n) is 11.5. The number of nitrogens with one attached hydrogen (secondary N) is 3. The van der Waals surface area contributed by atoms with Gasteiger partial charge in [-0.15, -0.1) is 12.4 Å². The number of benzene rings is 3. The molecule has 1 aliphatic heterocycles. The zero-order valence-corrected chi connectivity index (χ0v) is 21.6. The summed E-state index contributed by atoms with van der Waals surface area (Å²) in [5.41, 5.74) is 2.47. The number of hydrogen-bond donors (Lipinski definition) is 3. The summed E-state index contributed by atoms with van der Waals surface area (Å²) in [7, 11) is -3.30. The molecule has 0 spiro atoms. The molecular weight excluding hydrogens is 500 g/mol. The molecule has 1 heterocycles. The van der Waals surface area contributed by atoms with Gasteiger partial charge in [0.25, 0.3) is 0 Å². The number of amides is 2. The number of halogens is 1. The fraction of sp³-hybridized carbons (Fsp3) is 0.269. The molecule has 0 aromatic heterocycles. The van der Waals surface area contributed by atoms with Gasteiger partial charge in [0.15, 0.2) is 0 Å². The molecule has 8 nitrogen and oxygen atoms in total. The molecule has 2 amide bonds. The van der Waals surface area contributed by atoms with Gasteiger partial charge in [0.05, 0.1) is 6.26 Å². The highest BCUT2D eigenvalue weighted by Crippen LogP contribution is 2.24. The molecule has 1 fully saturated rings. The minimum absolute atomic E-state index is 0. The molecule has 0 bridgehead atoms. The number of likely N-dealkylation sites (tertiary alicyclic amines) is 1. The topological polar surface area (TPSA) is 99.8 Å². The van der Waals surface area contributed by atoms with Crippen molar-refractivity contribution in [2.45, 2.75) is 25.4 Å². The first-order chi connectivity index (χ1) is 16.8. The van der Waals surface area contributed by atoms with Gasteiger partial charge in [-0.3, -0.25) is 9.62 Å². The van der Waals surface area contributed by atoms with Crippen molar-refractivity contribution in [2.24, 2.45) is 0 Å². The summed E-state index contributed by atoms with van der Waals surface area (Å²) in [6.45, 7) is 2.68. The first-order valence-corrected chi connectivity index (χ1v) is 13.4. The summed E-state index contributed by atoms with van der Waals surface area (Å²) in [6, 6.07) is 24.2. The molecule has 0 unspecified atom stereocenters. The Morgan fingerprint density at radius 3 is 2.06 bits per heavy atom. The summed E-state index contributed by atoms with van der Waals surface area (Å²) in [5, 5.41) is 5.94. The molecule has 10 heteroatoms. The third-order valence-corrected chi connectivity index (χ3v) is 6.28. The summed E-state index contributed by atoms with van der Waals surface area (Å²) < 4.78 is 30.9. The van der Waals surface area contributed by atoms with Crippen LogP contribution in [0.5, 0.6) is 11.5 Å². The van der Waals surface area contributed by atoms with Gasteiger partial charge in [0.1, 0.15) is 11.5 Å². The number of carbonyl (C=O) groups is 1. The fourth-order valence-electron chi connectivity index (χ4n) is 3.97. The highest BCUT2D eigenvalue weighted by atomic mass is 35.5. The lowest BCUT2D eigenvalue weighted by Crippen LogP contribution is -2.45. The lowest BCUT2D eigenvalue weighted by molar-refractivity contribution is 0.190. The van der Waals surface area contributed by atoms with Crippen LogP contribution in [0, 0.1) is 0 Å². The number of para-hydroxylation sites is 1. The van der Waals surface area contributed by atoms with Crippen molar-refractivity contribution in [3.05, 3.63) is 84.4 Å². The van der Waals surface area contributed by atoms with Crippen molar-refractivity contribution in [2.75, 3.05) is 29.4 Å². The van der Waals surface area contributed by atoms with Gasteiger partial charge < -0.3 is 15.4 Å². The first kappa shape index (κ1) is 27.3. The Labute approximate surface area is 218 Å². The minimum atomic E-state index is -3.30. The van der Waals surface area contributed by atoms with Crippen LogP contribution in [-0.2, 0) is 16.6 Å². The fourth-order valence-corrected chi connectivity index (χ4v) is 4.54. The average molecular weight is 531 g/mol. The second-order valence-corrected chi connectivity index (χ2v) is 10.4. The third-order valence-electron chi connectivity index (χ3n) is 5.68. The molecule has 3 aromatic rings. The van der Waals surface area contributed by atoms with Crippen LogP contribution in [0.1, 0.15) is 18.4 Å². The van der Waals surface area contributed by atoms with Crippen molar-refractivity contribution in [1.82, 2.24) is 10.2 Å². The summed E-state index contributed by atoms with van der Waals surface area (Å²) in [6.07, 6.45) is 2.94. The van der Waals surface area contributed by atoms with E-state index in [1.165, 1.54) is 5.56 Å². The maximum absolute atomic E-state index is 12.2. The Morgan fingerprint density at radius 2 is 1.47 bits per heavy atom. The van der Waals surface area contributed by atoms with Crippen LogP contribution >= 0.6 is 12.4 Å². The molecule has 1 aliphatic rings. The summed E-state index contributed by atoms with van der Waals surface area (Å²) in [5.74, 6) is 1.34. The van der Waals surface area contributed by atoms with Crippen LogP contribution in [0.4, 0.5) is 16.2 Å². The van der Waals surface area contributed by atoms with Crippen molar-refractivity contribution in [3.8, 4) is 11.5 Å². The van der Waals surface area contributed by atoms with Gasteiger partial charge in [-0.1, -0.05) is 30.3 Å². The van der Waals surface area contributed by atoms with Crippen molar-refractivity contribution >= 4 is 39.8 Å². The van der Waals surface area contributed by atoms with E-state index in [1.807, 2.05) is 54.6 Å². The Kier molecular flexibility index (Phi) is 9.58. The van der Waals surface area contributed by atoms with Crippen LogP contribution in [0.25, 0.3) is 0 Å². The molecular formula is C26H31ClN4O4S. The van der Waals surface area contributed by atoms with Crippen LogP contribution in [0.3, 0.4) is 0 Å². The number of urea groups is 1. The Bertz CT molecular complexity index is 1220. The largest absolute Gasteiger partial charge is 0.457 e. The average Bonchev–Trinajstić information content (AvgIpc) is 2.82. The SMILES string of the molecule is CS(=O)(=O)Nc1ccc(Oc2ccc(CN3CCC(NC(=O)Nc4ccccc4)CC3)cc2)cc1.Cl. The second-order valence-electron chi connectivity index (χ2n) is 8.66. The van der Waals surface area contributed by atoms with Gasteiger partial charge in [0, 0.05) is 37.1 Å². The van der Waals surface area contributed by atoms with Gasteiger partial charge >= 0.3 is 6.03 Å².